The summed E-state index contributed by atoms with van der Waals surface area (Å²) in [5.74, 6) is 0. The third-order valence-corrected chi connectivity index (χ3v) is 10.6. The molecule has 0 aromatic heterocycles. The van der Waals surface area contributed by atoms with Crippen LogP contribution in [-0.4, -0.2) is 0 Å². The Morgan fingerprint density at radius 3 is 1.64 bits per heavy atom. The molecule has 0 bridgehead atoms. The summed E-state index contributed by atoms with van der Waals surface area (Å²) in [5.41, 5.74) is 17.9. The fraction of sp³-hybridized carbons (Fsp3) is 0.0769. The van der Waals surface area contributed by atoms with E-state index in [0.717, 1.165) is 22.5 Å². The predicted molar refractivity (Wildman–Crippen MR) is 227 cm³/mol. The van der Waals surface area contributed by atoms with E-state index < -0.39 is 0 Å². The molecule has 0 amide bonds. The van der Waals surface area contributed by atoms with Gasteiger partial charge in [-0.1, -0.05) is 196 Å². The van der Waals surface area contributed by atoms with Crippen LogP contribution in [0.4, 0.5) is 11.4 Å². The molecular weight excluding hydrogens is 639 g/mol. The quantitative estimate of drug-likeness (QED) is 0.137. The van der Waals surface area contributed by atoms with Gasteiger partial charge in [0.05, 0.1) is 11.4 Å². The van der Waals surface area contributed by atoms with Crippen LogP contribution in [0.25, 0.3) is 50.1 Å². The number of rotatable bonds is 9. The van der Waals surface area contributed by atoms with Gasteiger partial charge in [0, 0.05) is 16.7 Å². The van der Waals surface area contributed by atoms with E-state index in [9.17, 15) is 0 Å². The Balaban J connectivity index is 1.36. The molecule has 0 saturated carbocycles. The number of allylic oxidation sites excluding steroid dienone is 5. The smallest absolute Gasteiger partial charge is 0.0537 e. The molecule has 0 atom stereocenters. The van der Waals surface area contributed by atoms with Gasteiger partial charge >= 0.3 is 0 Å². The zero-order valence-corrected chi connectivity index (χ0v) is 30.6. The van der Waals surface area contributed by atoms with E-state index in [1.807, 2.05) is 6.08 Å². The molecule has 1 nitrogen and oxygen atoms in total. The molecule has 0 aliphatic heterocycles. The van der Waals surface area contributed by atoms with Gasteiger partial charge in [-0.15, -0.1) is 0 Å². The van der Waals surface area contributed by atoms with Crippen LogP contribution in [0.15, 0.2) is 206 Å². The van der Waals surface area contributed by atoms with E-state index in [0.29, 0.717) is 0 Å². The van der Waals surface area contributed by atoms with Crippen LogP contribution < -0.4 is 4.90 Å². The van der Waals surface area contributed by atoms with Crippen LogP contribution in [-0.2, 0) is 5.41 Å². The van der Waals surface area contributed by atoms with Gasteiger partial charge in [-0.25, -0.2) is 0 Å². The minimum atomic E-state index is -0.200. The van der Waals surface area contributed by atoms with Gasteiger partial charge in [0.2, 0.25) is 0 Å². The lowest BCUT2D eigenvalue weighted by molar-refractivity contribution is 0.660. The molecule has 0 saturated heterocycles. The van der Waals surface area contributed by atoms with Crippen molar-refractivity contribution in [2.45, 2.75) is 26.2 Å². The van der Waals surface area contributed by atoms with Crippen molar-refractivity contribution < 1.29 is 0 Å². The lowest BCUT2D eigenvalue weighted by Gasteiger charge is -2.34. The lowest BCUT2D eigenvalue weighted by Crippen LogP contribution is -2.23. The second kappa shape index (κ2) is 14.3. The number of anilines is 2. The van der Waals surface area contributed by atoms with E-state index in [1.165, 1.54) is 61.3 Å². The van der Waals surface area contributed by atoms with Gasteiger partial charge in [0.1, 0.15) is 0 Å². The Labute approximate surface area is 314 Å². The highest BCUT2D eigenvalue weighted by Gasteiger charge is 2.39. The highest BCUT2D eigenvalue weighted by molar-refractivity contribution is 5.97. The fourth-order valence-electron chi connectivity index (χ4n) is 8.15. The first kappa shape index (κ1) is 33.7. The highest BCUT2D eigenvalue weighted by Crippen LogP contribution is 2.54. The molecule has 0 unspecified atom stereocenters. The molecule has 0 radical (unpaired) electrons. The van der Waals surface area contributed by atoms with Crippen molar-refractivity contribution >= 4 is 16.9 Å². The van der Waals surface area contributed by atoms with Crippen molar-refractivity contribution in [1.82, 2.24) is 0 Å². The Bertz CT molecular complexity index is 2500. The number of hydrogen-bond donors (Lipinski definition) is 0. The van der Waals surface area contributed by atoms with Crippen LogP contribution in [0.1, 0.15) is 37.5 Å². The third-order valence-electron chi connectivity index (χ3n) is 10.6. The van der Waals surface area contributed by atoms with Gasteiger partial charge in [0.15, 0.2) is 0 Å². The number of para-hydroxylation sites is 1. The van der Waals surface area contributed by atoms with Crippen LogP contribution in [0, 0.1) is 0 Å². The van der Waals surface area contributed by atoms with Crippen molar-refractivity contribution in [3.05, 3.63) is 223 Å². The fourth-order valence-corrected chi connectivity index (χ4v) is 8.15. The molecule has 8 rings (SSSR count). The Kier molecular flexibility index (Phi) is 9.08. The monoisotopic (exact) mass is 681 g/mol. The average Bonchev–Trinajstić information content (AvgIpc) is 3.45. The third kappa shape index (κ3) is 6.15. The summed E-state index contributed by atoms with van der Waals surface area (Å²) in [6.07, 6.45) is 6.38. The zero-order valence-electron chi connectivity index (χ0n) is 30.6. The molecule has 7 aromatic rings. The van der Waals surface area contributed by atoms with Crippen molar-refractivity contribution in [3.8, 4) is 44.5 Å². The van der Waals surface area contributed by atoms with E-state index in [1.54, 1.807) is 0 Å². The molecule has 53 heavy (non-hydrogen) atoms. The zero-order chi connectivity index (χ0) is 36.4. The Morgan fingerprint density at radius 2 is 0.962 bits per heavy atom. The summed E-state index contributed by atoms with van der Waals surface area (Å²) in [6, 6.07) is 63.3. The van der Waals surface area contributed by atoms with Crippen LogP contribution in [0.5, 0.6) is 0 Å². The first-order chi connectivity index (χ1) is 26.0. The van der Waals surface area contributed by atoms with E-state index in [-0.39, 0.29) is 5.41 Å². The number of benzene rings is 7. The molecule has 1 aliphatic carbocycles. The second-order valence-corrected chi connectivity index (χ2v) is 14.2. The van der Waals surface area contributed by atoms with Crippen molar-refractivity contribution in [2.24, 2.45) is 0 Å². The molecular formula is C52H43N. The van der Waals surface area contributed by atoms with Gasteiger partial charge < -0.3 is 4.90 Å². The minimum absolute atomic E-state index is 0.200. The summed E-state index contributed by atoms with van der Waals surface area (Å²) in [4.78, 5) is 2.48. The van der Waals surface area contributed by atoms with E-state index >= 15 is 0 Å². The van der Waals surface area contributed by atoms with E-state index in [4.69, 9.17) is 0 Å². The number of nitrogens with zero attached hydrogens (tertiary/aromatic N) is 1. The maximum absolute atomic E-state index is 4.18. The first-order valence-corrected chi connectivity index (χ1v) is 18.4. The summed E-state index contributed by atoms with van der Waals surface area (Å²) >= 11 is 0. The molecule has 1 aliphatic rings. The summed E-state index contributed by atoms with van der Waals surface area (Å²) in [5, 5.41) is 0. The second-order valence-electron chi connectivity index (χ2n) is 14.2. The largest absolute Gasteiger partial charge is 0.314 e. The maximum Gasteiger partial charge on any atom is 0.0537 e. The molecule has 0 fully saturated rings. The van der Waals surface area contributed by atoms with Gasteiger partial charge in [0.25, 0.3) is 0 Å². The topological polar surface area (TPSA) is 3.24 Å². The normalized spacial score (nSPS) is 13.3. The first-order valence-electron chi connectivity index (χ1n) is 18.4. The average molecular weight is 682 g/mol. The predicted octanol–water partition coefficient (Wildman–Crippen LogP) is 14.3. The molecule has 256 valence electrons. The molecule has 0 heterocycles. The maximum atomic E-state index is 4.18. The number of hydrogen-bond acceptors (Lipinski definition) is 1. The van der Waals surface area contributed by atoms with E-state index in [2.05, 4.69) is 220 Å². The van der Waals surface area contributed by atoms with Crippen LogP contribution in [0.2, 0.25) is 0 Å². The molecule has 0 N–H and O–H groups in total. The van der Waals surface area contributed by atoms with Crippen LogP contribution in [0.3, 0.4) is 0 Å². The van der Waals surface area contributed by atoms with Gasteiger partial charge in [-0.3, -0.25) is 0 Å². The SMILES string of the molecule is C=C/C(=C\C=C(/C)N(c1ccccc1-c1ccccc1-c1ccccc1-c1ccccc1)c1cccc2c1C(C)(C)c1ccccc1-2)c1ccccc1. The lowest BCUT2D eigenvalue weighted by atomic mass is 9.81. The Hall–Kier alpha value is -6.44. The molecule has 7 aromatic carbocycles. The van der Waals surface area contributed by atoms with Gasteiger partial charge in [-0.2, -0.15) is 0 Å². The van der Waals surface area contributed by atoms with Crippen molar-refractivity contribution in [1.29, 1.82) is 0 Å². The number of fused-ring (bicyclic) bond motifs is 3. The summed E-state index contributed by atoms with van der Waals surface area (Å²) in [7, 11) is 0. The summed E-state index contributed by atoms with van der Waals surface area (Å²) in [6.45, 7) is 11.1. The highest BCUT2D eigenvalue weighted by atomic mass is 15.2. The Morgan fingerprint density at radius 1 is 0.472 bits per heavy atom. The van der Waals surface area contributed by atoms with Crippen LogP contribution >= 0.6 is 0 Å². The molecule has 1 heteroatoms. The van der Waals surface area contributed by atoms with Crippen molar-refractivity contribution in [2.75, 3.05) is 4.90 Å². The molecule has 0 spiro atoms. The summed E-state index contributed by atoms with van der Waals surface area (Å²) < 4.78 is 0. The standard InChI is InChI=1S/C52H43N/c1-5-38(39-21-8-6-9-22-39)36-35-37(2)53(50-34-20-31-47-45-29-16-18-32-48(45)52(3,4)51(47)50)49-33-19-17-30-46(49)44-28-15-14-27-43(44)42-26-13-12-25-41(42)40-23-10-7-11-24-40/h5-36H,1H2,2-4H3/b37-35+,38-36+. The van der Waals surface area contributed by atoms with Crippen molar-refractivity contribution in [3.63, 3.8) is 0 Å². The minimum Gasteiger partial charge on any atom is -0.314 e. The van der Waals surface area contributed by atoms with Gasteiger partial charge in [-0.05, 0) is 86.3 Å².